The number of nitrogens with one attached hydrogen (secondary N) is 2. The predicted octanol–water partition coefficient (Wildman–Crippen LogP) is 4.06. The Hall–Kier alpha value is -0.870. The second-order valence-electron chi connectivity index (χ2n) is 7.42. The molecule has 2 aliphatic rings. The number of benzene rings is 1. The van der Waals surface area contributed by atoms with Crippen LogP contribution < -0.4 is 20.1 Å². The van der Waals surface area contributed by atoms with E-state index in [1.807, 2.05) is 18.2 Å². The van der Waals surface area contributed by atoms with Crippen LogP contribution in [-0.4, -0.2) is 68.3 Å². The number of thioether (sulfide) groups is 1. The summed E-state index contributed by atoms with van der Waals surface area (Å²) in [5.41, 5.74) is 1.17. The minimum Gasteiger partial charge on any atom is -0.493 e. The first-order chi connectivity index (χ1) is 13.7. The Morgan fingerprint density at radius 2 is 1.83 bits per heavy atom. The van der Waals surface area contributed by atoms with Crippen molar-refractivity contribution in [2.75, 3.05) is 57.2 Å². The average Bonchev–Trinajstić information content (AvgIpc) is 3.23. The molecule has 1 saturated carbocycles. The summed E-state index contributed by atoms with van der Waals surface area (Å²) in [5.74, 6) is 4.75. The average molecular weight is 535 g/mol. The molecule has 164 valence electrons. The summed E-state index contributed by atoms with van der Waals surface area (Å²) >= 11 is 2.07. The molecule has 0 bridgehead atoms. The van der Waals surface area contributed by atoms with Crippen molar-refractivity contribution in [1.29, 1.82) is 0 Å². The maximum absolute atomic E-state index is 5.42. The number of guanidine groups is 1. The fourth-order valence-corrected chi connectivity index (χ4v) is 5.13. The Morgan fingerprint density at radius 3 is 2.45 bits per heavy atom. The monoisotopic (exact) mass is 534 g/mol. The number of anilines is 1. The van der Waals surface area contributed by atoms with Crippen LogP contribution in [0.5, 0.6) is 11.5 Å². The number of nitrogens with zero attached hydrogens (tertiary/aromatic N) is 2. The summed E-state index contributed by atoms with van der Waals surface area (Å²) in [4.78, 5) is 7.72. The van der Waals surface area contributed by atoms with Gasteiger partial charge in [0, 0.05) is 48.4 Å². The van der Waals surface area contributed by atoms with E-state index in [0.717, 1.165) is 30.5 Å². The largest absolute Gasteiger partial charge is 0.493 e. The van der Waals surface area contributed by atoms with Crippen LogP contribution >= 0.6 is 35.7 Å². The molecular weight excluding hydrogens is 499 g/mol. The standard InChI is InChI=1S/C21H34N4O2S.HI/c1-4-22-20(24-17-7-8-18(26-2)19(15-17)27-3)23-16-21(9-5-6-10-21)25-11-13-28-14-12-25;/h7-8,15H,4-6,9-14,16H2,1-3H3,(H2,22,23,24);1H. The van der Waals surface area contributed by atoms with E-state index in [-0.39, 0.29) is 29.5 Å². The van der Waals surface area contributed by atoms with E-state index in [4.69, 9.17) is 14.5 Å². The molecular formula is C21H35IN4O2S. The summed E-state index contributed by atoms with van der Waals surface area (Å²) in [5, 5.41) is 6.82. The van der Waals surface area contributed by atoms with Gasteiger partial charge in [-0.1, -0.05) is 12.8 Å². The highest BCUT2D eigenvalue weighted by Gasteiger charge is 2.39. The highest BCUT2D eigenvalue weighted by molar-refractivity contribution is 14.0. The minimum absolute atomic E-state index is 0. The quantitative estimate of drug-likeness (QED) is 0.313. The van der Waals surface area contributed by atoms with Crippen LogP contribution in [0.1, 0.15) is 32.6 Å². The van der Waals surface area contributed by atoms with E-state index in [1.54, 1.807) is 14.2 Å². The molecule has 8 heteroatoms. The second-order valence-corrected chi connectivity index (χ2v) is 8.65. The fraction of sp³-hybridized carbons (Fsp3) is 0.667. The van der Waals surface area contributed by atoms with Gasteiger partial charge in [0.25, 0.3) is 0 Å². The maximum atomic E-state index is 5.42. The normalized spacial score (nSPS) is 19.3. The van der Waals surface area contributed by atoms with Gasteiger partial charge in [0.1, 0.15) is 0 Å². The Kier molecular flexibility index (Phi) is 10.2. The predicted molar refractivity (Wildman–Crippen MR) is 135 cm³/mol. The van der Waals surface area contributed by atoms with Gasteiger partial charge in [-0.05, 0) is 31.9 Å². The van der Waals surface area contributed by atoms with Crippen LogP contribution in [0.15, 0.2) is 23.2 Å². The van der Waals surface area contributed by atoms with Crippen molar-refractivity contribution in [2.45, 2.75) is 38.1 Å². The second kappa shape index (κ2) is 12.1. The SMILES string of the molecule is CCNC(=NCC1(N2CCSCC2)CCCC1)Nc1ccc(OC)c(OC)c1.I. The smallest absolute Gasteiger partial charge is 0.195 e. The molecule has 0 atom stereocenters. The van der Waals surface area contributed by atoms with Crippen molar-refractivity contribution in [3.63, 3.8) is 0 Å². The number of ether oxygens (including phenoxy) is 2. The number of aliphatic imine (C=N–C) groups is 1. The zero-order chi connectivity index (χ0) is 19.8. The summed E-state index contributed by atoms with van der Waals surface area (Å²) < 4.78 is 10.8. The van der Waals surface area contributed by atoms with E-state index >= 15 is 0 Å². The number of hydrogen-bond acceptors (Lipinski definition) is 5. The van der Waals surface area contributed by atoms with Crippen molar-refractivity contribution in [3.05, 3.63) is 18.2 Å². The van der Waals surface area contributed by atoms with Crippen LogP contribution in [0.3, 0.4) is 0 Å². The van der Waals surface area contributed by atoms with Crippen LogP contribution in [0.25, 0.3) is 0 Å². The summed E-state index contributed by atoms with van der Waals surface area (Å²) in [6.45, 7) is 6.16. The third-order valence-electron chi connectivity index (χ3n) is 5.74. The Balaban J connectivity index is 0.00000300. The Labute approximate surface area is 196 Å². The molecule has 2 N–H and O–H groups in total. The highest BCUT2D eigenvalue weighted by Crippen LogP contribution is 2.37. The van der Waals surface area contributed by atoms with Gasteiger partial charge in [-0.15, -0.1) is 24.0 Å². The number of halogens is 1. The summed E-state index contributed by atoms with van der Waals surface area (Å²) in [7, 11) is 3.30. The van der Waals surface area contributed by atoms with Crippen LogP contribution in [0.2, 0.25) is 0 Å². The Bertz CT molecular complexity index is 662. The van der Waals surface area contributed by atoms with Gasteiger partial charge in [-0.3, -0.25) is 9.89 Å². The molecule has 1 heterocycles. The molecule has 0 unspecified atom stereocenters. The van der Waals surface area contributed by atoms with Gasteiger partial charge in [0.05, 0.1) is 20.8 Å². The van der Waals surface area contributed by atoms with E-state index in [2.05, 4.69) is 34.2 Å². The van der Waals surface area contributed by atoms with Gasteiger partial charge < -0.3 is 20.1 Å². The lowest BCUT2D eigenvalue weighted by atomic mass is 9.95. The molecule has 1 saturated heterocycles. The zero-order valence-electron chi connectivity index (χ0n) is 17.8. The molecule has 6 nitrogen and oxygen atoms in total. The molecule has 1 aliphatic carbocycles. The van der Waals surface area contributed by atoms with Crippen molar-refractivity contribution in [1.82, 2.24) is 10.2 Å². The van der Waals surface area contributed by atoms with E-state index in [0.29, 0.717) is 5.75 Å². The Morgan fingerprint density at radius 1 is 1.14 bits per heavy atom. The summed E-state index contributed by atoms with van der Waals surface area (Å²) in [6, 6.07) is 5.84. The molecule has 0 amide bonds. The van der Waals surface area contributed by atoms with Gasteiger partial charge in [0.2, 0.25) is 0 Å². The van der Waals surface area contributed by atoms with Crippen molar-refractivity contribution in [2.24, 2.45) is 4.99 Å². The number of hydrogen-bond donors (Lipinski definition) is 2. The molecule has 1 aliphatic heterocycles. The first-order valence-electron chi connectivity index (χ1n) is 10.3. The molecule has 1 aromatic carbocycles. The molecule has 29 heavy (non-hydrogen) atoms. The molecule has 3 rings (SSSR count). The van der Waals surface area contributed by atoms with Gasteiger partial charge in [-0.25, -0.2) is 0 Å². The molecule has 0 radical (unpaired) electrons. The first kappa shape index (κ1) is 24.4. The van der Waals surface area contributed by atoms with E-state index < -0.39 is 0 Å². The molecule has 2 fully saturated rings. The summed E-state index contributed by atoms with van der Waals surface area (Å²) in [6.07, 6.45) is 5.16. The lowest BCUT2D eigenvalue weighted by Crippen LogP contribution is -2.53. The fourth-order valence-electron chi connectivity index (χ4n) is 4.23. The highest BCUT2D eigenvalue weighted by atomic mass is 127. The third kappa shape index (κ3) is 6.30. The van der Waals surface area contributed by atoms with Gasteiger partial charge in [0.15, 0.2) is 17.5 Å². The van der Waals surface area contributed by atoms with Crippen molar-refractivity contribution >= 4 is 47.4 Å². The molecule has 1 aromatic rings. The van der Waals surface area contributed by atoms with Crippen molar-refractivity contribution in [3.8, 4) is 11.5 Å². The van der Waals surface area contributed by atoms with Crippen LogP contribution in [0, 0.1) is 0 Å². The molecule has 0 spiro atoms. The molecule has 0 aromatic heterocycles. The maximum Gasteiger partial charge on any atom is 0.195 e. The lowest BCUT2D eigenvalue weighted by Gasteiger charge is -2.42. The van der Waals surface area contributed by atoms with Gasteiger partial charge >= 0.3 is 0 Å². The lowest BCUT2D eigenvalue weighted by molar-refractivity contribution is 0.112. The van der Waals surface area contributed by atoms with E-state index in [9.17, 15) is 0 Å². The van der Waals surface area contributed by atoms with Crippen LogP contribution in [-0.2, 0) is 0 Å². The third-order valence-corrected chi connectivity index (χ3v) is 6.68. The van der Waals surface area contributed by atoms with Crippen LogP contribution in [0.4, 0.5) is 5.69 Å². The number of methoxy groups -OCH3 is 2. The number of rotatable bonds is 7. The van der Waals surface area contributed by atoms with Gasteiger partial charge in [-0.2, -0.15) is 11.8 Å². The van der Waals surface area contributed by atoms with Crippen molar-refractivity contribution < 1.29 is 9.47 Å². The first-order valence-corrected chi connectivity index (χ1v) is 11.5. The topological polar surface area (TPSA) is 58.1 Å². The zero-order valence-corrected chi connectivity index (χ0v) is 21.0. The van der Waals surface area contributed by atoms with E-state index in [1.165, 1.54) is 50.3 Å². The minimum atomic E-state index is 0.